The zero-order chi connectivity index (χ0) is 22.9. The molecule has 0 amide bonds. The number of aldehydes is 1. The SMILES string of the molecule is C=CCC1C(/C=C/CCO)CC(/C=C\C2CC(CC=O)C3C2CC2C4C=CC(C4)C23)C1C=C. The van der Waals surface area contributed by atoms with Gasteiger partial charge in [0.25, 0.3) is 0 Å². The van der Waals surface area contributed by atoms with Crippen LogP contribution in [0.1, 0.15) is 44.9 Å². The molecule has 33 heavy (non-hydrogen) atoms. The van der Waals surface area contributed by atoms with Gasteiger partial charge in [-0.3, -0.25) is 0 Å². The van der Waals surface area contributed by atoms with Crippen molar-refractivity contribution in [2.24, 2.45) is 71.0 Å². The maximum atomic E-state index is 11.5. The van der Waals surface area contributed by atoms with E-state index in [-0.39, 0.29) is 6.61 Å². The predicted molar refractivity (Wildman–Crippen MR) is 135 cm³/mol. The molecule has 2 bridgehead atoms. The molecule has 0 aliphatic heterocycles. The highest BCUT2D eigenvalue weighted by Crippen LogP contribution is 2.66. The summed E-state index contributed by atoms with van der Waals surface area (Å²) in [4.78, 5) is 11.5. The van der Waals surface area contributed by atoms with Crippen LogP contribution in [0.15, 0.2) is 61.8 Å². The first-order valence-electron chi connectivity index (χ1n) is 13.5. The Morgan fingerprint density at radius 3 is 2.42 bits per heavy atom. The maximum Gasteiger partial charge on any atom is 0.120 e. The van der Waals surface area contributed by atoms with Crippen molar-refractivity contribution in [3.8, 4) is 0 Å². The van der Waals surface area contributed by atoms with E-state index in [1.807, 2.05) is 0 Å². The third kappa shape index (κ3) is 4.07. The highest BCUT2D eigenvalue weighted by atomic mass is 16.2. The molecule has 178 valence electrons. The molecule has 4 saturated carbocycles. The zero-order valence-electron chi connectivity index (χ0n) is 20.1. The van der Waals surface area contributed by atoms with Crippen molar-refractivity contribution in [2.75, 3.05) is 6.61 Å². The van der Waals surface area contributed by atoms with Gasteiger partial charge >= 0.3 is 0 Å². The molecule has 0 aromatic carbocycles. The molecule has 5 rings (SSSR count). The summed E-state index contributed by atoms with van der Waals surface area (Å²) in [5.41, 5.74) is 0. The number of fused-ring (bicyclic) bond motifs is 7. The summed E-state index contributed by atoms with van der Waals surface area (Å²) in [6, 6.07) is 0. The summed E-state index contributed by atoms with van der Waals surface area (Å²) in [6.07, 6.45) is 27.7. The molecule has 0 saturated heterocycles. The molecule has 12 atom stereocenters. The second-order valence-electron chi connectivity index (χ2n) is 11.6. The lowest BCUT2D eigenvalue weighted by Crippen LogP contribution is -2.24. The van der Waals surface area contributed by atoms with Gasteiger partial charge in [0, 0.05) is 13.0 Å². The highest BCUT2D eigenvalue weighted by molar-refractivity contribution is 5.50. The van der Waals surface area contributed by atoms with Gasteiger partial charge in [-0.15, -0.1) is 13.2 Å². The van der Waals surface area contributed by atoms with E-state index in [1.54, 1.807) is 0 Å². The van der Waals surface area contributed by atoms with Crippen molar-refractivity contribution < 1.29 is 9.90 Å². The van der Waals surface area contributed by atoms with Crippen LogP contribution in [-0.4, -0.2) is 18.0 Å². The minimum absolute atomic E-state index is 0.217. The molecular weight excluding hydrogens is 404 g/mol. The fourth-order valence-electron chi connectivity index (χ4n) is 9.21. The summed E-state index contributed by atoms with van der Waals surface area (Å²) in [5.74, 6) is 8.18. The van der Waals surface area contributed by atoms with Crippen LogP contribution < -0.4 is 0 Å². The van der Waals surface area contributed by atoms with Crippen molar-refractivity contribution in [1.29, 1.82) is 0 Å². The average Bonchev–Trinajstić information content (AvgIpc) is 3.60. The molecule has 0 heterocycles. The van der Waals surface area contributed by atoms with Gasteiger partial charge in [-0.25, -0.2) is 0 Å². The number of aliphatic hydroxyl groups is 1. The summed E-state index contributed by atoms with van der Waals surface area (Å²) in [7, 11) is 0. The standard InChI is InChI=1S/C31H42O2/c1-3-7-27-20(8-5-6-14-32)16-21(26(27)4-2)9-10-22-18-25(13-15-33)31-29(22)19-28-23-11-12-24(17-23)30(28)31/h3-5,8-12,15,20-32H,1-2,6-7,13-14,16-19H2/b8-5+,10-9-. The fraction of sp³-hybridized carbons (Fsp3) is 0.645. The number of hydrogen-bond donors (Lipinski definition) is 1. The molecule has 0 aromatic rings. The van der Waals surface area contributed by atoms with Crippen molar-refractivity contribution in [1.82, 2.24) is 0 Å². The molecule has 0 aromatic heterocycles. The smallest absolute Gasteiger partial charge is 0.120 e. The van der Waals surface area contributed by atoms with Crippen molar-refractivity contribution in [3.05, 3.63) is 61.8 Å². The van der Waals surface area contributed by atoms with Gasteiger partial charge in [0.15, 0.2) is 0 Å². The van der Waals surface area contributed by atoms with Crippen LogP contribution in [0.25, 0.3) is 0 Å². The van der Waals surface area contributed by atoms with Crippen molar-refractivity contribution in [2.45, 2.75) is 44.9 Å². The van der Waals surface area contributed by atoms with Gasteiger partial charge in [-0.05, 0) is 110 Å². The summed E-state index contributed by atoms with van der Waals surface area (Å²) in [5, 5.41) is 9.17. The number of carbonyl (C=O) groups excluding carboxylic acids is 1. The van der Waals surface area contributed by atoms with Gasteiger partial charge in [-0.2, -0.15) is 0 Å². The largest absolute Gasteiger partial charge is 0.396 e. The second-order valence-corrected chi connectivity index (χ2v) is 11.6. The normalized spacial score (nSPS) is 47.5. The fourth-order valence-corrected chi connectivity index (χ4v) is 9.21. The van der Waals surface area contributed by atoms with E-state index in [9.17, 15) is 9.90 Å². The molecule has 0 radical (unpaired) electrons. The number of aliphatic hydroxyl groups excluding tert-OH is 1. The molecular formula is C31H42O2. The van der Waals surface area contributed by atoms with E-state index in [4.69, 9.17) is 0 Å². The van der Waals surface area contributed by atoms with Gasteiger partial charge in [-0.1, -0.05) is 48.6 Å². The van der Waals surface area contributed by atoms with Gasteiger partial charge in [0.2, 0.25) is 0 Å². The second kappa shape index (κ2) is 9.90. The molecule has 0 spiro atoms. The van der Waals surface area contributed by atoms with Crippen LogP contribution in [-0.2, 0) is 4.79 Å². The van der Waals surface area contributed by atoms with Crippen molar-refractivity contribution >= 4 is 6.29 Å². The summed E-state index contributed by atoms with van der Waals surface area (Å²) >= 11 is 0. The molecule has 1 N–H and O–H groups in total. The summed E-state index contributed by atoms with van der Waals surface area (Å²) in [6.45, 7) is 8.44. The molecule has 5 aliphatic carbocycles. The maximum absolute atomic E-state index is 11.5. The van der Waals surface area contributed by atoms with Gasteiger partial charge in [0.1, 0.15) is 6.29 Å². The topological polar surface area (TPSA) is 37.3 Å². The molecule has 12 unspecified atom stereocenters. The van der Waals surface area contributed by atoms with Crippen LogP contribution in [0.5, 0.6) is 0 Å². The quantitative estimate of drug-likeness (QED) is 0.311. The van der Waals surface area contributed by atoms with Crippen LogP contribution in [0.2, 0.25) is 0 Å². The Labute approximate surface area is 200 Å². The first-order valence-corrected chi connectivity index (χ1v) is 13.5. The minimum atomic E-state index is 0.217. The van der Waals surface area contributed by atoms with E-state index in [2.05, 4.69) is 61.8 Å². The lowest BCUT2D eigenvalue weighted by atomic mass is 9.75. The number of rotatable bonds is 10. The molecule has 4 fully saturated rings. The average molecular weight is 447 g/mol. The third-order valence-corrected chi connectivity index (χ3v) is 10.3. The molecule has 2 heteroatoms. The third-order valence-electron chi connectivity index (χ3n) is 10.3. The Bertz CT molecular complexity index is 821. The monoisotopic (exact) mass is 446 g/mol. The van der Waals surface area contributed by atoms with Crippen LogP contribution >= 0.6 is 0 Å². The van der Waals surface area contributed by atoms with E-state index in [0.29, 0.717) is 35.5 Å². The Morgan fingerprint density at radius 2 is 1.67 bits per heavy atom. The zero-order valence-corrected chi connectivity index (χ0v) is 20.1. The van der Waals surface area contributed by atoms with Crippen LogP contribution in [0.3, 0.4) is 0 Å². The van der Waals surface area contributed by atoms with E-state index in [0.717, 1.165) is 61.2 Å². The molecule has 5 aliphatic rings. The van der Waals surface area contributed by atoms with Gasteiger partial charge < -0.3 is 9.90 Å². The Kier molecular flexibility index (Phi) is 6.93. The molecule has 2 nitrogen and oxygen atoms in total. The lowest BCUT2D eigenvalue weighted by molar-refractivity contribution is -0.109. The van der Waals surface area contributed by atoms with Crippen LogP contribution in [0, 0.1) is 71.0 Å². The predicted octanol–water partition coefficient (Wildman–Crippen LogP) is 6.41. The number of hydrogen-bond acceptors (Lipinski definition) is 2. The summed E-state index contributed by atoms with van der Waals surface area (Å²) < 4.78 is 0. The van der Waals surface area contributed by atoms with Crippen molar-refractivity contribution in [3.63, 3.8) is 0 Å². The Hall–Kier alpha value is -1.67. The first kappa shape index (κ1) is 23.1. The van der Waals surface area contributed by atoms with E-state index in [1.165, 1.54) is 25.5 Å². The minimum Gasteiger partial charge on any atom is -0.396 e. The van der Waals surface area contributed by atoms with Crippen LogP contribution in [0.4, 0.5) is 0 Å². The number of allylic oxidation sites excluding steroid dienone is 7. The first-order chi connectivity index (χ1) is 16.2. The Balaban J connectivity index is 1.32. The Morgan fingerprint density at radius 1 is 0.848 bits per heavy atom. The lowest BCUT2D eigenvalue weighted by Gasteiger charge is -2.29. The van der Waals surface area contributed by atoms with E-state index >= 15 is 0 Å². The highest BCUT2D eigenvalue weighted by Gasteiger charge is 2.60. The van der Waals surface area contributed by atoms with E-state index < -0.39 is 0 Å². The number of carbonyl (C=O) groups is 1. The van der Waals surface area contributed by atoms with Gasteiger partial charge in [0.05, 0.1) is 0 Å².